The first kappa shape index (κ1) is 20.5. The first-order valence-corrected chi connectivity index (χ1v) is 10.7. The number of nitrogens with zero attached hydrogens (tertiary/aromatic N) is 1. The van der Waals surface area contributed by atoms with E-state index in [1.807, 2.05) is 0 Å². The van der Waals surface area contributed by atoms with Crippen LogP contribution in [0.3, 0.4) is 0 Å². The molecule has 0 aromatic heterocycles. The molecule has 152 valence electrons. The van der Waals surface area contributed by atoms with Crippen LogP contribution in [0, 0.1) is 0 Å². The van der Waals surface area contributed by atoms with Crippen LogP contribution < -0.4 is 10.7 Å². The molecule has 2 aromatic carbocycles. The third-order valence-corrected chi connectivity index (χ3v) is 6.56. The van der Waals surface area contributed by atoms with Crippen molar-refractivity contribution in [2.24, 2.45) is 0 Å². The van der Waals surface area contributed by atoms with E-state index in [0.717, 1.165) is 0 Å². The van der Waals surface area contributed by atoms with Crippen molar-refractivity contribution < 1.29 is 22.8 Å². The van der Waals surface area contributed by atoms with Crippen LogP contribution in [-0.2, 0) is 25.0 Å². The van der Waals surface area contributed by atoms with Gasteiger partial charge in [0, 0.05) is 6.42 Å². The highest BCUT2D eigenvalue weighted by molar-refractivity contribution is 7.91. The molecular weight excluding hydrogens is 394 g/mol. The maximum absolute atomic E-state index is 12.9. The van der Waals surface area contributed by atoms with Gasteiger partial charge >= 0.3 is 6.03 Å². The van der Waals surface area contributed by atoms with Crippen LogP contribution in [0.15, 0.2) is 65.6 Å². The van der Waals surface area contributed by atoms with E-state index >= 15 is 0 Å². The minimum absolute atomic E-state index is 0.108. The molecule has 0 aliphatic carbocycles. The molecule has 0 radical (unpaired) electrons. The molecule has 1 heterocycles. The second-order valence-electron chi connectivity index (χ2n) is 6.61. The molecule has 1 saturated heterocycles. The number of carbonyl (C=O) groups is 3. The van der Waals surface area contributed by atoms with Gasteiger partial charge in [-0.05, 0) is 24.1 Å². The third kappa shape index (κ3) is 4.00. The Hall–Kier alpha value is -3.20. The molecule has 0 bridgehead atoms. The summed E-state index contributed by atoms with van der Waals surface area (Å²) in [6.07, 6.45) is -0.102. The zero-order valence-electron chi connectivity index (χ0n) is 15.8. The molecule has 9 heteroatoms. The van der Waals surface area contributed by atoms with E-state index in [2.05, 4.69) is 10.7 Å². The van der Waals surface area contributed by atoms with E-state index in [4.69, 9.17) is 0 Å². The van der Waals surface area contributed by atoms with Crippen LogP contribution in [0.5, 0.6) is 0 Å². The molecule has 1 aliphatic heterocycles. The number of hydrogen-bond acceptors (Lipinski definition) is 5. The number of amides is 4. The highest BCUT2D eigenvalue weighted by Crippen LogP contribution is 2.31. The maximum Gasteiger partial charge on any atom is 0.344 e. The quantitative estimate of drug-likeness (QED) is 0.669. The summed E-state index contributed by atoms with van der Waals surface area (Å²) in [6.45, 7) is 1.75. The smallest absolute Gasteiger partial charge is 0.318 e. The van der Waals surface area contributed by atoms with Crippen LogP contribution >= 0.6 is 0 Å². The summed E-state index contributed by atoms with van der Waals surface area (Å²) in [4.78, 5) is 37.7. The van der Waals surface area contributed by atoms with Crippen LogP contribution in [0.1, 0.15) is 25.3 Å². The minimum atomic E-state index is -3.65. The predicted octanol–water partition coefficient (Wildman–Crippen LogP) is 1.74. The van der Waals surface area contributed by atoms with Crippen molar-refractivity contribution in [3.63, 3.8) is 0 Å². The molecule has 3 rings (SSSR count). The number of imide groups is 1. The van der Waals surface area contributed by atoms with E-state index in [0.29, 0.717) is 10.6 Å². The number of rotatable bonds is 7. The van der Waals surface area contributed by atoms with Gasteiger partial charge in [-0.1, -0.05) is 55.5 Å². The number of urea groups is 1. The van der Waals surface area contributed by atoms with Crippen molar-refractivity contribution in [2.75, 3.05) is 5.75 Å². The summed E-state index contributed by atoms with van der Waals surface area (Å²) in [6, 6.07) is 15.7. The van der Waals surface area contributed by atoms with E-state index < -0.39 is 45.4 Å². The molecule has 4 amide bonds. The van der Waals surface area contributed by atoms with Crippen molar-refractivity contribution >= 4 is 27.7 Å². The van der Waals surface area contributed by atoms with Gasteiger partial charge in [-0.15, -0.1) is 0 Å². The summed E-state index contributed by atoms with van der Waals surface area (Å²) >= 11 is 0. The monoisotopic (exact) mass is 415 g/mol. The van der Waals surface area contributed by atoms with Gasteiger partial charge in [-0.25, -0.2) is 13.2 Å². The normalized spacial score (nSPS) is 19.1. The first-order valence-electron chi connectivity index (χ1n) is 9.09. The summed E-state index contributed by atoms with van der Waals surface area (Å²) < 4.78 is 24.6. The lowest BCUT2D eigenvalue weighted by molar-refractivity contribution is -0.139. The topological polar surface area (TPSA) is 113 Å². The number of benzene rings is 2. The van der Waals surface area contributed by atoms with E-state index in [1.54, 1.807) is 55.5 Å². The van der Waals surface area contributed by atoms with Gasteiger partial charge in [0.25, 0.3) is 5.91 Å². The van der Waals surface area contributed by atoms with Crippen molar-refractivity contribution in [3.05, 3.63) is 66.2 Å². The Morgan fingerprint density at radius 2 is 1.62 bits per heavy atom. The Labute approximate surface area is 168 Å². The summed E-state index contributed by atoms with van der Waals surface area (Å²) in [5.41, 5.74) is 1.55. The second kappa shape index (κ2) is 8.04. The molecule has 1 atom stereocenters. The van der Waals surface area contributed by atoms with Crippen molar-refractivity contribution in [1.82, 2.24) is 15.8 Å². The fraction of sp³-hybridized carbons (Fsp3) is 0.250. The molecule has 1 aliphatic rings. The summed E-state index contributed by atoms with van der Waals surface area (Å²) in [7, 11) is -3.65. The highest BCUT2D eigenvalue weighted by Gasteiger charge is 2.52. The van der Waals surface area contributed by atoms with Crippen molar-refractivity contribution in [1.29, 1.82) is 0 Å². The van der Waals surface area contributed by atoms with Gasteiger partial charge in [0.2, 0.25) is 5.91 Å². The molecule has 0 unspecified atom stereocenters. The number of nitrogens with one attached hydrogen (secondary N) is 2. The van der Waals surface area contributed by atoms with Crippen molar-refractivity contribution in [3.8, 4) is 0 Å². The van der Waals surface area contributed by atoms with E-state index in [1.165, 1.54) is 12.1 Å². The lowest BCUT2D eigenvalue weighted by atomic mass is 9.87. The predicted molar refractivity (Wildman–Crippen MR) is 105 cm³/mol. The lowest BCUT2D eigenvalue weighted by Gasteiger charge is -2.25. The molecule has 29 heavy (non-hydrogen) atoms. The highest BCUT2D eigenvalue weighted by atomic mass is 32.2. The molecular formula is C20H21N3O5S. The Morgan fingerprint density at radius 3 is 2.21 bits per heavy atom. The number of hydrogen-bond donors (Lipinski definition) is 2. The summed E-state index contributed by atoms with van der Waals surface area (Å²) in [5, 5.41) is 3.26. The molecule has 8 nitrogen and oxygen atoms in total. The van der Waals surface area contributed by atoms with Gasteiger partial charge in [0.15, 0.2) is 9.84 Å². The van der Waals surface area contributed by atoms with Gasteiger partial charge < -0.3 is 5.32 Å². The van der Waals surface area contributed by atoms with Gasteiger partial charge in [-0.2, -0.15) is 5.01 Å². The van der Waals surface area contributed by atoms with Crippen LogP contribution in [0.2, 0.25) is 0 Å². The SMILES string of the molecule is CC[C@]1(c2ccccc2)NC(=O)N(NC(=O)CCS(=O)(=O)c2ccccc2)C1=O. The Morgan fingerprint density at radius 1 is 1.03 bits per heavy atom. The average Bonchev–Trinajstić information content (AvgIpc) is 2.99. The molecule has 0 spiro atoms. The van der Waals surface area contributed by atoms with E-state index in [9.17, 15) is 22.8 Å². The Bertz CT molecular complexity index is 1020. The number of sulfone groups is 1. The van der Waals surface area contributed by atoms with Gasteiger partial charge in [0.05, 0.1) is 10.6 Å². The number of hydrazine groups is 1. The summed E-state index contributed by atoms with van der Waals surface area (Å²) in [5.74, 6) is -1.80. The van der Waals surface area contributed by atoms with Gasteiger partial charge in [-0.3, -0.25) is 15.0 Å². The molecule has 2 aromatic rings. The van der Waals surface area contributed by atoms with Crippen LogP contribution in [0.4, 0.5) is 4.79 Å². The zero-order chi connectivity index (χ0) is 21.1. The van der Waals surface area contributed by atoms with E-state index in [-0.39, 0.29) is 11.3 Å². The third-order valence-electron chi connectivity index (χ3n) is 4.83. The first-order chi connectivity index (χ1) is 13.8. The van der Waals surface area contributed by atoms with Crippen LogP contribution in [0.25, 0.3) is 0 Å². The fourth-order valence-corrected chi connectivity index (χ4v) is 4.45. The Kier molecular flexibility index (Phi) is 5.69. The molecule has 1 fully saturated rings. The van der Waals surface area contributed by atoms with Crippen molar-refractivity contribution in [2.45, 2.75) is 30.2 Å². The van der Waals surface area contributed by atoms with Crippen LogP contribution in [-0.4, -0.2) is 37.0 Å². The van der Waals surface area contributed by atoms with Gasteiger partial charge in [0.1, 0.15) is 5.54 Å². The largest absolute Gasteiger partial charge is 0.344 e. The maximum atomic E-state index is 12.9. The average molecular weight is 415 g/mol. The standard InChI is InChI=1S/C20H21N3O5S/c1-2-20(15-9-5-3-6-10-15)18(25)23(19(26)21-20)22-17(24)13-14-29(27,28)16-11-7-4-8-12-16/h3-12H,2,13-14H2,1H3,(H,21,26)(H,22,24)/t20-/m1/s1. The minimum Gasteiger partial charge on any atom is -0.318 e. The number of carbonyl (C=O) groups excluding carboxylic acids is 3. The second-order valence-corrected chi connectivity index (χ2v) is 8.72. The fourth-order valence-electron chi connectivity index (χ4n) is 3.19. The zero-order valence-corrected chi connectivity index (χ0v) is 16.6. The molecule has 2 N–H and O–H groups in total. The molecule has 0 saturated carbocycles. The Balaban J connectivity index is 1.69. The lowest BCUT2D eigenvalue weighted by Crippen LogP contribution is -2.48.